The molecular formula is C15H12N2O. The normalized spacial score (nSPS) is 10.7. The molecule has 88 valence electrons. The predicted molar refractivity (Wildman–Crippen MR) is 71.2 cm³/mol. The van der Waals surface area contributed by atoms with Crippen LogP contribution < -0.4 is 0 Å². The van der Waals surface area contributed by atoms with Crippen LogP contribution in [0.5, 0.6) is 0 Å². The molecule has 0 radical (unpaired) electrons. The quantitative estimate of drug-likeness (QED) is 0.641. The maximum atomic E-state index is 10.9. The molecule has 0 saturated heterocycles. The highest BCUT2D eigenvalue weighted by molar-refractivity contribution is 5.89. The van der Waals surface area contributed by atoms with Gasteiger partial charge in [-0.05, 0) is 25.1 Å². The molecule has 3 rings (SSSR count). The van der Waals surface area contributed by atoms with E-state index in [-0.39, 0.29) is 0 Å². The largest absolute Gasteiger partial charge is 0.298 e. The summed E-state index contributed by atoms with van der Waals surface area (Å²) >= 11 is 0. The summed E-state index contributed by atoms with van der Waals surface area (Å²) < 4.78 is 1.87. The second-order valence-electron chi connectivity index (χ2n) is 4.23. The summed E-state index contributed by atoms with van der Waals surface area (Å²) in [6.07, 6.45) is 0.858. The standard InChI is InChI=1S/C15H12N2O/c1-11-14-8-7-12(10-18)9-15(14)17(16-11)13-5-3-2-4-6-13/h2-10H,1H3. The number of para-hydroxylation sites is 1. The monoisotopic (exact) mass is 236 g/mol. The Morgan fingerprint density at radius 1 is 1.11 bits per heavy atom. The molecule has 18 heavy (non-hydrogen) atoms. The van der Waals surface area contributed by atoms with Crippen molar-refractivity contribution < 1.29 is 4.79 Å². The molecule has 3 nitrogen and oxygen atoms in total. The maximum absolute atomic E-state index is 10.9. The van der Waals surface area contributed by atoms with E-state index in [2.05, 4.69) is 5.10 Å². The highest BCUT2D eigenvalue weighted by Crippen LogP contribution is 2.22. The van der Waals surface area contributed by atoms with Crippen LogP contribution in [0.4, 0.5) is 0 Å². The SMILES string of the molecule is Cc1nn(-c2ccccc2)c2cc(C=O)ccc12. The van der Waals surface area contributed by atoms with Crippen LogP contribution in [0.2, 0.25) is 0 Å². The number of fused-ring (bicyclic) bond motifs is 1. The molecular weight excluding hydrogens is 224 g/mol. The fourth-order valence-corrected chi connectivity index (χ4v) is 2.13. The van der Waals surface area contributed by atoms with Crippen molar-refractivity contribution in [2.45, 2.75) is 6.92 Å². The van der Waals surface area contributed by atoms with Crippen molar-refractivity contribution in [3.63, 3.8) is 0 Å². The zero-order valence-electron chi connectivity index (χ0n) is 10.00. The lowest BCUT2D eigenvalue weighted by atomic mass is 10.1. The van der Waals surface area contributed by atoms with Crippen molar-refractivity contribution in [2.24, 2.45) is 0 Å². The summed E-state index contributed by atoms with van der Waals surface area (Å²) in [5.74, 6) is 0. The van der Waals surface area contributed by atoms with E-state index in [0.717, 1.165) is 28.6 Å². The fraction of sp³-hybridized carbons (Fsp3) is 0.0667. The smallest absolute Gasteiger partial charge is 0.150 e. The first kappa shape index (κ1) is 10.7. The molecule has 0 saturated carbocycles. The van der Waals surface area contributed by atoms with Gasteiger partial charge in [-0.2, -0.15) is 5.10 Å². The van der Waals surface area contributed by atoms with Crippen LogP contribution in [0.25, 0.3) is 16.6 Å². The Morgan fingerprint density at radius 3 is 2.61 bits per heavy atom. The van der Waals surface area contributed by atoms with Gasteiger partial charge in [0.25, 0.3) is 0 Å². The van der Waals surface area contributed by atoms with Gasteiger partial charge < -0.3 is 0 Å². The Hall–Kier alpha value is -2.42. The lowest BCUT2D eigenvalue weighted by Crippen LogP contribution is -1.96. The highest BCUT2D eigenvalue weighted by atomic mass is 16.1. The number of rotatable bonds is 2. The molecule has 0 aliphatic carbocycles. The Balaban J connectivity index is 2.32. The zero-order valence-corrected chi connectivity index (χ0v) is 10.00. The van der Waals surface area contributed by atoms with Gasteiger partial charge in [0.1, 0.15) is 6.29 Å². The lowest BCUT2D eigenvalue weighted by Gasteiger charge is -2.02. The van der Waals surface area contributed by atoms with Crippen molar-refractivity contribution in [2.75, 3.05) is 0 Å². The second-order valence-corrected chi connectivity index (χ2v) is 4.23. The van der Waals surface area contributed by atoms with Crippen LogP contribution in [0.1, 0.15) is 16.1 Å². The van der Waals surface area contributed by atoms with E-state index in [0.29, 0.717) is 5.56 Å². The van der Waals surface area contributed by atoms with Gasteiger partial charge in [-0.15, -0.1) is 0 Å². The molecule has 0 aliphatic rings. The molecule has 0 atom stereocenters. The van der Waals surface area contributed by atoms with Crippen LogP contribution >= 0.6 is 0 Å². The maximum Gasteiger partial charge on any atom is 0.150 e. The van der Waals surface area contributed by atoms with Crippen molar-refractivity contribution >= 4 is 17.2 Å². The Morgan fingerprint density at radius 2 is 1.89 bits per heavy atom. The summed E-state index contributed by atoms with van der Waals surface area (Å²) in [5.41, 5.74) is 3.59. The molecule has 1 heterocycles. The Bertz CT molecular complexity index is 714. The van der Waals surface area contributed by atoms with Crippen LogP contribution in [0, 0.1) is 6.92 Å². The average Bonchev–Trinajstić information content (AvgIpc) is 2.76. The number of hydrogen-bond acceptors (Lipinski definition) is 2. The molecule has 3 heteroatoms. The molecule has 0 bridgehead atoms. The summed E-state index contributed by atoms with van der Waals surface area (Å²) in [6, 6.07) is 15.6. The first-order valence-corrected chi connectivity index (χ1v) is 5.79. The van der Waals surface area contributed by atoms with Gasteiger partial charge in [0.15, 0.2) is 0 Å². The van der Waals surface area contributed by atoms with Crippen LogP contribution in [0.15, 0.2) is 48.5 Å². The van der Waals surface area contributed by atoms with E-state index in [1.165, 1.54) is 0 Å². The molecule has 1 aromatic heterocycles. The molecule has 2 aromatic carbocycles. The van der Waals surface area contributed by atoms with Gasteiger partial charge in [-0.1, -0.05) is 30.3 Å². The third-order valence-electron chi connectivity index (χ3n) is 3.03. The minimum absolute atomic E-state index is 0.666. The number of aldehydes is 1. The van der Waals surface area contributed by atoms with Crippen molar-refractivity contribution in [1.29, 1.82) is 0 Å². The molecule has 0 unspecified atom stereocenters. The van der Waals surface area contributed by atoms with E-state index in [1.807, 2.05) is 60.1 Å². The van der Waals surface area contributed by atoms with Gasteiger partial charge in [-0.3, -0.25) is 4.79 Å². The molecule has 0 fully saturated rings. The number of aryl methyl sites for hydroxylation is 1. The topological polar surface area (TPSA) is 34.9 Å². The summed E-state index contributed by atoms with van der Waals surface area (Å²) in [6.45, 7) is 1.97. The second kappa shape index (κ2) is 4.11. The van der Waals surface area contributed by atoms with Crippen molar-refractivity contribution in [3.8, 4) is 5.69 Å². The third-order valence-corrected chi connectivity index (χ3v) is 3.03. The van der Waals surface area contributed by atoms with Crippen LogP contribution in [-0.4, -0.2) is 16.1 Å². The zero-order chi connectivity index (χ0) is 12.5. The number of carbonyl (C=O) groups excluding carboxylic acids is 1. The number of hydrogen-bond donors (Lipinski definition) is 0. The lowest BCUT2D eigenvalue weighted by molar-refractivity contribution is 0.112. The fourth-order valence-electron chi connectivity index (χ4n) is 2.13. The average molecular weight is 236 g/mol. The number of nitrogens with zero attached hydrogens (tertiary/aromatic N) is 2. The molecule has 3 aromatic rings. The van der Waals surface area contributed by atoms with Crippen LogP contribution in [0.3, 0.4) is 0 Å². The van der Waals surface area contributed by atoms with Crippen LogP contribution in [-0.2, 0) is 0 Å². The van der Waals surface area contributed by atoms with E-state index < -0.39 is 0 Å². The summed E-state index contributed by atoms with van der Waals surface area (Å²) in [5, 5.41) is 5.61. The molecule has 0 aliphatic heterocycles. The van der Waals surface area contributed by atoms with E-state index in [1.54, 1.807) is 0 Å². The summed E-state index contributed by atoms with van der Waals surface area (Å²) in [4.78, 5) is 10.9. The van der Waals surface area contributed by atoms with E-state index in [9.17, 15) is 4.79 Å². The molecule has 0 spiro atoms. The van der Waals surface area contributed by atoms with Gasteiger partial charge in [0, 0.05) is 10.9 Å². The van der Waals surface area contributed by atoms with Gasteiger partial charge in [0.05, 0.1) is 16.9 Å². The number of carbonyl (C=O) groups is 1. The van der Waals surface area contributed by atoms with Gasteiger partial charge in [0.2, 0.25) is 0 Å². The highest BCUT2D eigenvalue weighted by Gasteiger charge is 2.09. The Labute approximate surface area is 105 Å². The van der Waals surface area contributed by atoms with Crippen molar-refractivity contribution in [3.05, 3.63) is 59.8 Å². The third kappa shape index (κ3) is 1.61. The summed E-state index contributed by atoms with van der Waals surface area (Å²) in [7, 11) is 0. The Kier molecular flexibility index (Phi) is 2.45. The first-order valence-electron chi connectivity index (χ1n) is 5.79. The molecule has 0 amide bonds. The van der Waals surface area contributed by atoms with Gasteiger partial charge in [-0.25, -0.2) is 4.68 Å². The number of benzene rings is 2. The van der Waals surface area contributed by atoms with Crippen molar-refractivity contribution in [1.82, 2.24) is 9.78 Å². The minimum atomic E-state index is 0.666. The van der Waals surface area contributed by atoms with E-state index >= 15 is 0 Å². The minimum Gasteiger partial charge on any atom is -0.298 e. The van der Waals surface area contributed by atoms with Gasteiger partial charge >= 0.3 is 0 Å². The predicted octanol–water partition coefficient (Wildman–Crippen LogP) is 3.15. The molecule has 0 N–H and O–H groups in total. The first-order chi connectivity index (χ1) is 8.79. The van der Waals surface area contributed by atoms with E-state index in [4.69, 9.17) is 0 Å². The number of aromatic nitrogens is 2.